The van der Waals surface area contributed by atoms with E-state index in [1.165, 1.54) is 6.33 Å². The van der Waals surface area contributed by atoms with E-state index in [4.69, 9.17) is 21.1 Å². The molecule has 0 atom stereocenters. The molecular formula is C13H13ClN4O2. The van der Waals surface area contributed by atoms with Crippen molar-refractivity contribution in [3.05, 3.63) is 29.2 Å². The normalized spacial score (nSPS) is 12.3. The molecule has 1 aliphatic heterocycles. The average molecular weight is 293 g/mol. The van der Waals surface area contributed by atoms with Gasteiger partial charge in [-0.2, -0.15) is 0 Å². The maximum absolute atomic E-state index is 6.07. The lowest BCUT2D eigenvalue weighted by Crippen LogP contribution is -2.00. The van der Waals surface area contributed by atoms with Gasteiger partial charge in [0.1, 0.15) is 12.0 Å². The van der Waals surface area contributed by atoms with Crippen LogP contribution in [0.3, 0.4) is 0 Å². The van der Waals surface area contributed by atoms with Gasteiger partial charge in [0.15, 0.2) is 22.5 Å². The van der Waals surface area contributed by atoms with Gasteiger partial charge in [-0.15, -0.1) is 0 Å². The predicted octanol–water partition coefficient (Wildman–Crippen LogP) is 2.82. The molecule has 0 saturated carbocycles. The van der Waals surface area contributed by atoms with Gasteiger partial charge < -0.3 is 20.1 Å². The number of hydrogen-bond donors (Lipinski definition) is 2. The Hall–Kier alpha value is -2.21. The third kappa shape index (κ3) is 2.08. The topological polar surface area (TPSA) is 68.3 Å². The number of benzene rings is 1. The average Bonchev–Trinajstić information content (AvgIpc) is 2.65. The third-order valence-corrected chi connectivity index (χ3v) is 3.41. The number of halogens is 1. The summed E-state index contributed by atoms with van der Waals surface area (Å²) in [6.45, 7) is 0.586. The van der Waals surface area contributed by atoms with Crippen LogP contribution in [0.2, 0.25) is 5.15 Å². The van der Waals surface area contributed by atoms with Crippen molar-refractivity contribution in [3.8, 4) is 11.5 Å². The summed E-state index contributed by atoms with van der Waals surface area (Å²) >= 11 is 6.07. The van der Waals surface area contributed by atoms with E-state index < -0.39 is 0 Å². The van der Waals surface area contributed by atoms with Crippen molar-refractivity contribution in [3.63, 3.8) is 0 Å². The number of anilines is 3. The predicted molar refractivity (Wildman–Crippen MR) is 77.2 cm³/mol. The SMILES string of the molecule is COc1cc2c(cc1OC)Nc1ncnc(Cl)c1NC2. The van der Waals surface area contributed by atoms with Crippen LogP contribution in [0.1, 0.15) is 5.56 Å². The van der Waals surface area contributed by atoms with Crippen LogP contribution < -0.4 is 20.1 Å². The van der Waals surface area contributed by atoms with Gasteiger partial charge in [0.25, 0.3) is 0 Å². The van der Waals surface area contributed by atoms with Gasteiger partial charge in [0, 0.05) is 18.3 Å². The summed E-state index contributed by atoms with van der Waals surface area (Å²) in [5, 5.41) is 6.84. The van der Waals surface area contributed by atoms with Crippen LogP contribution in [-0.2, 0) is 6.54 Å². The first-order valence-electron chi connectivity index (χ1n) is 5.99. The van der Waals surface area contributed by atoms with Crippen LogP contribution in [0.4, 0.5) is 17.2 Å². The number of hydrogen-bond acceptors (Lipinski definition) is 6. The van der Waals surface area contributed by atoms with E-state index in [1.54, 1.807) is 14.2 Å². The van der Waals surface area contributed by atoms with Crippen molar-refractivity contribution >= 4 is 28.8 Å². The van der Waals surface area contributed by atoms with Crippen molar-refractivity contribution in [2.75, 3.05) is 24.9 Å². The lowest BCUT2D eigenvalue weighted by molar-refractivity contribution is 0.355. The molecule has 0 saturated heterocycles. The Morgan fingerprint density at radius 1 is 1.15 bits per heavy atom. The molecule has 20 heavy (non-hydrogen) atoms. The summed E-state index contributed by atoms with van der Waals surface area (Å²) in [5.74, 6) is 1.97. The van der Waals surface area contributed by atoms with E-state index in [0.29, 0.717) is 34.7 Å². The molecule has 0 bridgehead atoms. The monoisotopic (exact) mass is 292 g/mol. The van der Waals surface area contributed by atoms with Gasteiger partial charge in [-0.3, -0.25) is 0 Å². The second-order valence-corrected chi connectivity index (χ2v) is 4.59. The molecule has 0 radical (unpaired) electrons. The molecule has 1 aromatic heterocycles. The Bertz CT molecular complexity index is 663. The van der Waals surface area contributed by atoms with Gasteiger partial charge in [-0.25, -0.2) is 9.97 Å². The molecule has 0 spiro atoms. The van der Waals surface area contributed by atoms with Crippen LogP contribution in [0.5, 0.6) is 11.5 Å². The molecule has 6 nitrogen and oxygen atoms in total. The van der Waals surface area contributed by atoms with Crippen LogP contribution in [0.25, 0.3) is 0 Å². The lowest BCUT2D eigenvalue weighted by atomic mass is 10.1. The molecule has 0 aliphatic carbocycles. The Morgan fingerprint density at radius 2 is 1.90 bits per heavy atom. The number of nitrogens with one attached hydrogen (secondary N) is 2. The van der Waals surface area contributed by atoms with Gasteiger partial charge >= 0.3 is 0 Å². The molecule has 1 aromatic carbocycles. The molecule has 2 heterocycles. The summed E-state index contributed by atoms with van der Waals surface area (Å²) in [7, 11) is 3.21. The smallest absolute Gasteiger partial charge is 0.162 e. The van der Waals surface area contributed by atoms with Crippen LogP contribution in [-0.4, -0.2) is 24.2 Å². The Labute approximate surface area is 121 Å². The molecular weight excluding hydrogens is 280 g/mol. The summed E-state index contributed by atoms with van der Waals surface area (Å²) in [6, 6.07) is 3.79. The fourth-order valence-electron chi connectivity index (χ4n) is 2.11. The number of fused-ring (bicyclic) bond motifs is 2. The van der Waals surface area contributed by atoms with Crippen molar-refractivity contribution < 1.29 is 9.47 Å². The molecule has 2 aromatic rings. The molecule has 104 valence electrons. The van der Waals surface area contributed by atoms with E-state index in [9.17, 15) is 0 Å². The van der Waals surface area contributed by atoms with E-state index in [0.717, 1.165) is 11.3 Å². The van der Waals surface area contributed by atoms with E-state index in [1.807, 2.05) is 12.1 Å². The van der Waals surface area contributed by atoms with Crippen molar-refractivity contribution in [1.29, 1.82) is 0 Å². The van der Waals surface area contributed by atoms with E-state index in [-0.39, 0.29) is 0 Å². The first-order valence-corrected chi connectivity index (χ1v) is 6.37. The minimum Gasteiger partial charge on any atom is -0.493 e. The molecule has 0 unspecified atom stereocenters. The minimum atomic E-state index is 0.384. The summed E-state index contributed by atoms with van der Waals surface area (Å²) < 4.78 is 10.6. The standard InChI is InChI=1S/C13H13ClN4O2/c1-19-9-3-7-5-15-11-12(14)16-6-17-13(11)18-8(7)4-10(9)20-2/h3-4,6,15H,5H2,1-2H3,(H,16,17,18). The van der Waals surface area contributed by atoms with Gasteiger partial charge in [0.2, 0.25) is 0 Å². The minimum absolute atomic E-state index is 0.384. The highest BCUT2D eigenvalue weighted by atomic mass is 35.5. The maximum atomic E-state index is 6.07. The first-order chi connectivity index (χ1) is 9.72. The van der Waals surface area contributed by atoms with Crippen LogP contribution in [0.15, 0.2) is 18.5 Å². The Balaban J connectivity index is 2.09. The van der Waals surface area contributed by atoms with Crippen LogP contribution >= 0.6 is 11.6 Å². The molecule has 1 aliphatic rings. The first kappa shape index (κ1) is 12.8. The lowest BCUT2D eigenvalue weighted by Gasteiger charge is -2.13. The highest BCUT2D eigenvalue weighted by Crippen LogP contribution is 2.39. The summed E-state index contributed by atoms with van der Waals surface area (Å²) in [6.07, 6.45) is 1.42. The number of nitrogens with zero attached hydrogens (tertiary/aromatic N) is 2. The van der Waals surface area contributed by atoms with Gasteiger partial charge in [0.05, 0.1) is 14.2 Å². The van der Waals surface area contributed by atoms with Gasteiger partial charge in [-0.1, -0.05) is 11.6 Å². The van der Waals surface area contributed by atoms with Gasteiger partial charge in [-0.05, 0) is 11.6 Å². The molecule has 0 fully saturated rings. The third-order valence-electron chi connectivity index (χ3n) is 3.12. The number of rotatable bonds is 2. The highest BCUT2D eigenvalue weighted by molar-refractivity contribution is 6.32. The zero-order valence-corrected chi connectivity index (χ0v) is 11.8. The largest absolute Gasteiger partial charge is 0.493 e. The Kier molecular flexibility index (Phi) is 3.23. The van der Waals surface area contributed by atoms with E-state index in [2.05, 4.69) is 20.6 Å². The maximum Gasteiger partial charge on any atom is 0.162 e. The molecule has 7 heteroatoms. The Morgan fingerprint density at radius 3 is 2.65 bits per heavy atom. The van der Waals surface area contributed by atoms with Crippen LogP contribution in [0, 0.1) is 0 Å². The molecule has 3 rings (SSSR count). The van der Waals surface area contributed by atoms with Crippen molar-refractivity contribution in [1.82, 2.24) is 9.97 Å². The van der Waals surface area contributed by atoms with Crippen molar-refractivity contribution in [2.45, 2.75) is 6.54 Å². The summed E-state index contributed by atoms with van der Waals surface area (Å²) in [5.41, 5.74) is 2.60. The summed E-state index contributed by atoms with van der Waals surface area (Å²) in [4.78, 5) is 8.16. The molecule has 0 amide bonds. The van der Waals surface area contributed by atoms with Crippen molar-refractivity contribution in [2.24, 2.45) is 0 Å². The fourth-order valence-corrected chi connectivity index (χ4v) is 2.31. The zero-order chi connectivity index (χ0) is 14.1. The molecule has 2 N–H and O–H groups in total. The quantitative estimate of drug-likeness (QED) is 0.830. The highest BCUT2D eigenvalue weighted by Gasteiger charge is 2.18. The number of ether oxygens (including phenoxy) is 2. The number of methoxy groups -OCH3 is 2. The second-order valence-electron chi connectivity index (χ2n) is 4.23. The zero-order valence-electron chi connectivity index (χ0n) is 11.0. The van der Waals surface area contributed by atoms with E-state index >= 15 is 0 Å². The fraction of sp³-hybridized carbons (Fsp3) is 0.231. The second kappa shape index (κ2) is 5.05. The number of aromatic nitrogens is 2.